The lowest BCUT2D eigenvalue weighted by molar-refractivity contribution is 0.276. The molecule has 0 radical (unpaired) electrons. The van der Waals surface area contributed by atoms with Gasteiger partial charge in [0.05, 0.1) is 0 Å². The van der Waals surface area contributed by atoms with Gasteiger partial charge in [-0.3, -0.25) is 0 Å². The van der Waals surface area contributed by atoms with Crippen molar-refractivity contribution >= 4 is 11.6 Å². The van der Waals surface area contributed by atoms with Crippen molar-refractivity contribution in [1.82, 2.24) is 4.98 Å². The van der Waals surface area contributed by atoms with Gasteiger partial charge in [0.2, 0.25) is 0 Å². The highest BCUT2D eigenvalue weighted by Gasteiger charge is 2.09. The summed E-state index contributed by atoms with van der Waals surface area (Å²) in [6.45, 7) is 0.0860. The zero-order valence-corrected chi connectivity index (χ0v) is 6.80. The molecule has 0 bridgehead atoms. The van der Waals surface area contributed by atoms with Crippen LogP contribution in [-0.4, -0.2) is 16.7 Å². The molecule has 0 aromatic carbocycles. The summed E-state index contributed by atoms with van der Waals surface area (Å²) in [5.41, 5.74) is 6.55. The van der Waals surface area contributed by atoms with Gasteiger partial charge in [-0.1, -0.05) is 11.6 Å². The second-order valence-corrected chi connectivity index (χ2v) is 2.74. The first-order chi connectivity index (χ1) is 5.25. The number of nitrogens with two attached hydrogens (primary N) is 1. The summed E-state index contributed by atoms with van der Waals surface area (Å²) in [4.78, 5) is 2.81. The molecule has 11 heavy (non-hydrogen) atoms. The lowest BCUT2D eigenvalue weighted by atomic mass is 10.1. The first kappa shape index (κ1) is 8.59. The molecule has 0 spiro atoms. The summed E-state index contributed by atoms with van der Waals surface area (Å²) >= 11 is 5.75. The van der Waals surface area contributed by atoms with Gasteiger partial charge in [0.1, 0.15) is 5.15 Å². The lowest BCUT2D eigenvalue weighted by Crippen LogP contribution is -2.11. The first-order valence-electron chi connectivity index (χ1n) is 3.45. The molecule has 1 rings (SSSR count). The van der Waals surface area contributed by atoms with Crippen molar-refractivity contribution in [3.05, 3.63) is 23.0 Å². The molecule has 62 valence electrons. The Balaban J connectivity index is 2.67. The van der Waals surface area contributed by atoms with E-state index in [0.717, 1.165) is 5.56 Å². The Bertz CT molecular complexity index is 224. The van der Waals surface area contributed by atoms with Crippen LogP contribution in [0, 0.1) is 0 Å². The molecule has 0 aliphatic carbocycles. The van der Waals surface area contributed by atoms with E-state index in [9.17, 15) is 0 Å². The van der Waals surface area contributed by atoms with Crippen molar-refractivity contribution in [1.29, 1.82) is 0 Å². The molecule has 1 heterocycles. The molecule has 1 aromatic rings. The van der Waals surface area contributed by atoms with Crippen LogP contribution in [-0.2, 0) is 0 Å². The van der Waals surface area contributed by atoms with Crippen molar-refractivity contribution < 1.29 is 5.11 Å². The van der Waals surface area contributed by atoms with Crippen molar-refractivity contribution in [3.8, 4) is 0 Å². The molecule has 1 aromatic heterocycles. The molecular weight excluding hydrogens is 164 g/mol. The number of nitrogens with one attached hydrogen (secondary N) is 1. The average Bonchev–Trinajstić information content (AvgIpc) is 2.36. The minimum atomic E-state index is -0.168. The molecule has 0 unspecified atom stereocenters. The van der Waals surface area contributed by atoms with E-state index < -0.39 is 0 Å². The molecule has 4 heteroatoms. The molecule has 0 saturated heterocycles. The van der Waals surface area contributed by atoms with Gasteiger partial charge in [0, 0.05) is 24.4 Å². The molecule has 0 aliphatic heterocycles. The molecule has 0 fully saturated rings. The van der Waals surface area contributed by atoms with Gasteiger partial charge < -0.3 is 15.8 Å². The summed E-state index contributed by atoms with van der Waals surface area (Å²) in [5.74, 6) is 0. The van der Waals surface area contributed by atoms with Gasteiger partial charge in [-0.05, 0) is 12.5 Å². The third-order valence-electron chi connectivity index (χ3n) is 1.57. The predicted octanol–water partition coefficient (Wildman–Crippen LogP) is 1.05. The molecule has 0 saturated carbocycles. The number of hydrogen-bond acceptors (Lipinski definition) is 2. The Labute approximate surface area is 70.2 Å². The Morgan fingerprint density at radius 3 is 2.91 bits per heavy atom. The van der Waals surface area contributed by atoms with Crippen LogP contribution in [0.4, 0.5) is 0 Å². The van der Waals surface area contributed by atoms with Crippen LogP contribution in [0.25, 0.3) is 0 Å². The smallest absolute Gasteiger partial charge is 0.111 e. The Kier molecular flexibility index (Phi) is 2.93. The fourth-order valence-corrected chi connectivity index (χ4v) is 1.21. The number of aliphatic hydroxyl groups is 1. The largest absolute Gasteiger partial charge is 0.396 e. The third kappa shape index (κ3) is 1.96. The molecule has 4 N–H and O–H groups in total. The van der Waals surface area contributed by atoms with Crippen LogP contribution in [0.3, 0.4) is 0 Å². The minimum absolute atomic E-state index is 0.0860. The SMILES string of the molecule is N[C@@H](CCO)c1cc[nH]c1Cl. The van der Waals surface area contributed by atoms with Crippen molar-refractivity contribution in [2.24, 2.45) is 5.73 Å². The van der Waals surface area contributed by atoms with Crippen LogP contribution in [0.15, 0.2) is 12.3 Å². The topological polar surface area (TPSA) is 62.0 Å². The highest BCUT2D eigenvalue weighted by atomic mass is 35.5. The quantitative estimate of drug-likeness (QED) is 0.642. The summed E-state index contributed by atoms with van der Waals surface area (Å²) < 4.78 is 0. The molecule has 1 atom stereocenters. The van der Waals surface area contributed by atoms with E-state index in [-0.39, 0.29) is 12.6 Å². The number of halogens is 1. The number of aliphatic hydroxyl groups excluding tert-OH is 1. The normalized spacial score (nSPS) is 13.4. The number of H-pyrrole nitrogens is 1. The van der Waals surface area contributed by atoms with E-state index in [2.05, 4.69) is 4.98 Å². The number of aromatic nitrogens is 1. The highest BCUT2D eigenvalue weighted by Crippen LogP contribution is 2.21. The number of hydrogen-bond donors (Lipinski definition) is 3. The highest BCUT2D eigenvalue weighted by molar-refractivity contribution is 6.30. The molecular formula is C7H11ClN2O. The van der Waals surface area contributed by atoms with Crippen molar-refractivity contribution in [3.63, 3.8) is 0 Å². The van der Waals surface area contributed by atoms with E-state index in [1.54, 1.807) is 6.20 Å². The summed E-state index contributed by atoms with van der Waals surface area (Å²) in [6, 6.07) is 1.65. The fourth-order valence-electron chi connectivity index (χ4n) is 0.942. The van der Waals surface area contributed by atoms with E-state index in [1.165, 1.54) is 0 Å². The number of aromatic amines is 1. The van der Waals surface area contributed by atoms with Gasteiger partial charge in [-0.15, -0.1) is 0 Å². The zero-order valence-electron chi connectivity index (χ0n) is 6.05. The third-order valence-corrected chi connectivity index (χ3v) is 1.89. The fraction of sp³-hybridized carbons (Fsp3) is 0.429. The minimum Gasteiger partial charge on any atom is -0.396 e. The van der Waals surface area contributed by atoms with Crippen LogP contribution >= 0.6 is 11.6 Å². The second-order valence-electron chi connectivity index (χ2n) is 2.37. The standard InChI is InChI=1S/C7H11ClN2O/c8-7-5(1-3-10-7)6(9)2-4-11/h1,3,6,10-11H,2,4,9H2/t6-/m0/s1. The van der Waals surface area contributed by atoms with Gasteiger partial charge in [0.15, 0.2) is 0 Å². The predicted molar refractivity (Wildman–Crippen MR) is 44.4 cm³/mol. The maximum Gasteiger partial charge on any atom is 0.111 e. The average molecular weight is 175 g/mol. The van der Waals surface area contributed by atoms with Gasteiger partial charge in [0.25, 0.3) is 0 Å². The maximum atomic E-state index is 8.59. The van der Waals surface area contributed by atoms with E-state index >= 15 is 0 Å². The summed E-state index contributed by atoms with van der Waals surface area (Å²) in [7, 11) is 0. The second kappa shape index (κ2) is 3.76. The Morgan fingerprint density at radius 2 is 2.45 bits per heavy atom. The summed E-state index contributed by atoms with van der Waals surface area (Å²) in [5, 5.41) is 9.15. The van der Waals surface area contributed by atoms with Gasteiger partial charge >= 0.3 is 0 Å². The van der Waals surface area contributed by atoms with Gasteiger partial charge in [-0.2, -0.15) is 0 Å². The van der Waals surface area contributed by atoms with E-state index in [4.69, 9.17) is 22.4 Å². The van der Waals surface area contributed by atoms with Crippen molar-refractivity contribution in [2.75, 3.05) is 6.61 Å². The van der Waals surface area contributed by atoms with Crippen LogP contribution < -0.4 is 5.73 Å². The number of rotatable bonds is 3. The summed E-state index contributed by atoms with van der Waals surface area (Å²) in [6.07, 6.45) is 2.27. The molecule has 0 amide bonds. The van der Waals surface area contributed by atoms with Crippen LogP contribution in [0.5, 0.6) is 0 Å². The Hall–Kier alpha value is -0.510. The van der Waals surface area contributed by atoms with E-state index in [0.29, 0.717) is 11.6 Å². The van der Waals surface area contributed by atoms with Crippen LogP contribution in [0.2, 0.25) is 5.15 Å². The Morgan fingerprint density at radius 1 is 1.73 bits per heavy atom. The lowest BCUT2D eigenvalue weighted by Gasteiger charge is -2.07. The zero-order chi connectivity index (χ0) is 8.27. The molecule has 0 aliphatic rings. The molecule has 3 nitrogen and oxygen atoms in total. The van der Waals surface area contributed by atoms with E-state index in [1.807, 2.05) is 6.07 Å². The van der Waals surface area contributed by atoms with Crippen molar-refractivity contribution in [2.45, 2.75) is 12.5 Å². The maximum absolute atomic E-state index is 8.59. The monoisotopic (exact) mass is 174 g/mol. The first-order valence-corrected chi connectivity index (χ1v) is 3.82. The van der Waals surface area contributed by atoms with Crippen LogP contribution in [0.1, 0.15) is 18.0 Å². The van der Waals surface area contributed by atoms with Gasteiger partial charge in [-0.25, -0.2) is 0 Å².